The maximum absolute atomic E-state index is 15.7. The third-order valence-electron chi connectivity index (χ3n) is 5.89. The molecule has 0 saturated carbocycles. The van der Waals surface area contributed by atoms with Crippen LogP contribution in [-0.2, 0) is 0 Å². The number of benzene rings is 1. The monoisotopic (exact) mass is 414 g/mol. The van der Waals surface area contributed by atoms with Gasteiger partial charge >= 0.3 is 6.97 Å². The maximum atomic E-state index is 15.7. The summed E-state index contributed by atoms with van der Waals surface area (Å²) in [5, 5.41) is 0. The van der Waals surface area contributed by atoms with Gasteiger partial charge in [0.1, 0.15) is 5.71 Å². The number of halogens is 2. The summed E-state index contributed by atoms with van der Waals surface area (Å²) >= 11 is 0. The molecule has 0 radical (unpaired) electrons. The van der Waals surface area contributed by atoms with Gasteiger partial charge in [0.25, 0.3) is 0 Å². The normalized spacial score (nSPS) is 17.0. The SMILES string of the molecule is COc1cc(C2=C3C(C)=CC(C)=[N+]3[B-](F)(F)n3c(C)cc(C)c32)cc(OC)c1OC. The average molecular weight is 414 g/mol. The quantitative estimate of drug-likeness (QED) is 0.689. The van der Waals surface area contributed by atoms with Gasteiger partial charge in [0.15, 0.2) is 17.2 Å². The molecule has 3 heterocycles. The number of hydrogen-bond acceptors (Lipinski definition) is 3. The van der Waals surface area contributed by atoms with Crippen LogP contribution in [0.25, 0.3) is 5.57 Å². The lowest BCUT2D eigenvalue weighted by atomic mass is 9.83. The Morgan fingerprint density at radius 2 is 1.50 bits per heavy atom. The van der Waals surface area contributed by atoms with Gasteiger partial charge in [-0.2, -0.15) is 0 Å². The topological polar surface area (TPSA) is 35.6 Å². The maximum Gasteiger partial charge on any atom is 0.737 e. The summed E-state index contributed by atoms with van der Waals surface area (Å²) in [7, 11) is 4.62. The predicted octanol–water partition coefficient (Wildman–Crippen LogP) is 4.56. The summed E-state index contributed by atoms with van der Waals surface area (Å²) in [6.45, 7) is 3.15. The van der Waals surface area contributed by atoms with E-state index < -0.39 is 6.97 Å². The highest BCUT2D eigenvalue weighted by atomic mass is 19.2. The standard InChI is InChI=1S/C22H25BF2N2O3/c1-12-8-14(3)26-20(12)19(21-13(2)9-15(4)27(21)23(26,24)25)16-10-17(28-5)22(30-7)18(11-16)29-6/h8-11H,1-7H3. The molecule has 1 aromatic carbocycles. The molecule has 2 aliphatic heterocycles. The first kappa shape index (κ1) is 20.3. The van der Waals surface area contributed by atoms with Gasteiger partial charge in [-0.3, -0.25) is 0 Å². The Labute approximate surface area is 174 Å². The van der Waals surface area contributed by atoms with Gasteiger partial charge in [0.05, 0.1) is 26.9 Å². The first-order chi connectivity index (χ1) is 14.2. The van der Waals surface area contributed by atoms with E-state index in [-0.39, 0.29) is 0 Å². The number of ether oxygens (including phenoxy) is 3. The van der Waals surface area contributed by atoms with Crippen LogP contribution in [0, 0.1) is 13.8 Å². The molecular weight excluding hydrogens is 389 g/mol. The molecule has 0 unspecified atom stereocenters. The highest BCUT2D eigenvalue weighted by Crippen LogP contribution is 2.47. The van der Waals surface area contributed by atoms with Crippen molar-refractivity contribution in [2.45, 2.75) is 27.7 Å². The smallest absolute Gasteiger partial charge is 0.493 e. The molecule has 4 rings (SSSR count). The van der Waals surface area contributed by atoms with Crippen LogP contribution < -0.4 is 14.2 Å². The number of aryl methyl sites for hydroxylation is 2. The number of hydrogen-bond donors (Lipinski definition) is 0. The highest BCUT2D eigenvalue weighted by Gasteiger charge is 2.55. The third-order valence-corrected chi connectivity index (χ3v) is 5.89. The van der Waals surface area contributed by atoms with Crippen molar-refractivity contribution in [1.29, 1.82) is 0 Å². The Kier molecular flexibility index (Phi) is 4.56. The van der Waals surface area contributed by atoms with E-state index in [1.807, 2.05) is 26.0 Å². The van der Waals surface area contributed by atoms with E-state index in [1.54, 1.807) is 40.2 Å². The zero-order chi connectivity index (χ0) is 22.0. The number of fused-ring (bicyclic) bond motifs is 2. The lowest BCUT2D eigenvalue weighted by molar-refractivity contribution is -0.363. The zero-order valence-electron chi connectivity index (χ0n) is 18.3. The van der Waals surface area contributed by atoms with Crippen molar-refractivity contribution in [2.75, 3.05) is 21.3 Å². The molecule has 30 heavy (non-hydrogen) atoms. The van der Waals surface area contributed by atoms with Crippen LogP contribution in [-0.4, -0.2) is 43.0 Å². The number of rotatable bonds is 4. The minimum atomic E-state index is -4.01. The molecule has 8 heteroatoms. The summed E-state index contributed by atoms with van der Waals surface area (Å²) < 4.78 is 50.3. The van der Waals surface area contributed by atoms with Crippen molar-refractivity contribution in [2.24, 2.45) is 0 Å². The Hall–Kier alpha value is -3.03. The third kappa shape index (κ3) is 2.55. The van der Waals surface area contributed by atoms with E-state index in [0.717, 1.165) is 22.3 Å². The summed E-state index contributed by atoms with van der Waals surface area (Å²) in [4.78, 5) is 0. The average Bonchev–Trinajstić information content (AvgIpc) is 3.17. The number of aromatic nitrogens is 1. The molecule has 0 saturated heterocycles. The molecule has 2 aliphatic rings. The summed E-state index contributed by atoms with van der Waals surface area (Å²) in [5.74, 6) is 1.41. The molecule has 0 bridgehead atoms. The fourth-order valence-electron chi connectivity index (χ4n) is 4.80. The van der Waals surface area contributed by atoms with E-state index in [9.17, 15) is 0 Å². The van der Waals surface area contributed by atoms with Crippen molar-refractivity contribution in [1.82, 2.24) is 4.48 Å². The molecule has 158 valence electrons. The number of allylic oxidation sites excluding steroid dienone is 2. The lowest BCUT2D eigenvalue weighted by Crippen LogP contribution is -2.51. The Morgan fingerprint density at radius 3 is 2.03 bits per heavy atom. The molecule has 0 fully saturated rings. The minimum absolute atomic E-state index is 0.460. The first-order valence-electron chi connectivity index (χ1n) is 9.74. The van der Waals surface area contributed by atoms with Gasteiger partial charge in [-0.05, 0) is 55.8 Å². The van der Waals surface area contributed by atoms with Gasteiger partial charge in [0.2, 0.25) is 5.75 Å². The predicted molar refractivity (Wildman–Crippen MR) is 114 cm³/mol. The van der Waals surface area contributed by atoms with Crippen LogP contribution in [0.2, 0.25) is 0 Å². The number of methoxy groups -OCH3 is 3. The fourth-order valence-corrected chi connectivity index (χ4v) is 4.80. The van der Waals surface area contributed by atoms with Gasteiger partial charge in [-0.1, -0.05) is 0 Å². The largest absolute Gasteiger partial charge is 0.737 e. The van der Waals surface area contributed by atoms with Gasteiger partial charge < -0.3 is 31.8 Å². The van der Waals surface area contributed by atoms with Crippen molar-refractivity contribution in [3.8, 4) is 17.2 Å². The fraction of sp³-hybridized carbons (Fsp3) is 0.318. The van der Waals surface area contributed by atoms with Crippen LogP contribution in [0.1, 0.15) is 36.4 Å². The van der Waals surface area contributed by atoms with E-state index >= 15 is 8.63 Å². The van der Waals surface area contributed by atoms with Crippen molar-refractivity contribution in [3.05, 3.63) is 58.1 Å². The minimum Gasteiger partial charge on any atom is -0.493 e. The second kappa shape index (κ2) is 6.75. The second-order valence-corrected chi connectivity index (χ2v) is 7.75. The van der Waals surface area contributed by atoms with Crippen molar-refractivity contribution >= 4 is 18.3 Å². The van der Waals surface area contributed by atoms with Crippen LogP contribution in [0.3, 0.4) is 0 Å². The Balaban J connectivity index is 2.16. The Morgan fingerprint density at radius 1 is 0.900 bits per heavy atom. The molecule has 2 aromatic rings. The molecule has 1 aromatic heterocycles. The van der Waals surface area contributed by atoms with Crippen LogP contribution in [0.5, 0.6) is 17.2 Å². The van der Waals surface area contributed by atoms with Crippen LogP contribution in [0.4, 0.5) is 8.63 Å². The van der Waals surface area contributed by atoms with E-state index in [4.69, 9.17) is 14.2 Å². The number of nitrogens with zero attached hydrogens (tertiary/aromatic N) is 2. The second-order valence-electron chi connectivity index (χ2n) is 7.75. The van der Waals surface area contributed by atoms with Crippen LogP contribution >= 0.6 is 0 Å². The van der Waals surface area contributed by atoms with Crippen molar-refractivity contribution < 1.29 is 27.3 Å². The summed E-state index contributed by atoms with van der Waals surface area (Å²) in [6, 6.07) is 5.43. The van der Waals surface area contributed by atoms with Crippen molar-refractivity contribution in [3.63, 3.8) is 0 Å². The highest BCUT2D eigenvalue weighted by molar-refractivity contribution is 6.58. The van der Waals surface area contributed by atoms with E-state index in [2.05, 4.69) is 0 Å². The summed E-state index contributed by atoms with van der Waals surface area (Å²) in [5.41, 5.74) is 5.10. The first-order valence-corrected chi connectivity index (χ1v) is 9.74. The zero-order valence-corrected chi connectivity index (χ0v) is 18.3. The molecule has 0 atom stereocenters. The Bertz CT molecular complexity index is 1150. The molecule has 0 aliphatic carbocycles. The molecule has 5 nitrogen and oxygen atoms in total. The van der Waals surface area contributed by atoms with Gasteiger partial charge in [-0.15, -0.1) is 0 Å². The molecular formula is C22H25BF2N2O3. The molecule has 0 spiro atoms. The molecule has 0 amide bonds. The van der Waals surface area contributed by atoms with Gasteiger partial charge in [0, 0.05) is 24.3 Å². The van der Waals surface area contributed by atoms with Crippen LogP contribution in [0.15, 0.2) is 35.5 Å². The van der Waals surface area contributed by atoms with Gasteiger partial charge in [-0.25, -0.2) is 0 Å². The lowest BCUT2D eigenvalue weighted by Gasteiger charge is -2.34. The van der Waals surface area contributed by atoms with E-state index in [1.165, 1.54) is 16.1 Å². The summed E-state index contributed by atoms with van der Waals surface area (Å²) in [6.07, 6.45) is 1.81. The molecule has 0 N–H and O–H groups in total. The van der Waals surface area contributed by atoms with E-state index in [0.29, 0.717) is 40.0 Å².